The quantitative estimate of drug-likeness (QED) is 0.277. The van der Waals surface area contributed by atoms with E-state index in [9.17, 15) is 14.9 Å². The average molecular weight is 514 g/mol. The van der Waals surface area contributed by atoms with Gasteiger partial charge in [-0.2, -0.15) is 5.26 Å². The first kappa shape index (κ1) is 27.8. The standard InChI is InChI=1S/C30H31N3O5/c1-21(24-7-5-4-6-8-24)33-29(34)20-38-26-12-9-22(10-13-26)17-25(19-31)30(35)32-16-15-23-11-14-27(36-2)28(18-23)37-3/h4-14,17-18,21H,15-16,20H2,1-3H3,(H,32,35)(H,33,34)/b25-17+/t21-/m1/s1. The van der Waals surface area contributed by atoms with Crippen molar-refractivity contribution >= 4 is 17.9 Å². The van der Waals surface area contributed by atoms with E-state index in [1.54, 1.807) is 38.5 Å². The predicted molar refractivity (Wildman–Crippen MR) is 145 cm³/mol. The highest BCUT2D eigenvalue weighted by Crippen LogP contribution is 2.27. The van der Waals surface area contributed by atoms with Crippen LogP contribution in [0.15, 0.2) is 78.4 Å². The first-order valence-corrected chi connectivity index (χ1v) is 12.1. The Morgan fingerprint density at radius 2 is 1.68 bits per heavy atom. The van der Waals surface area contributed by atoms with Gasteiger partial charge in [-0.05, 0) is 60.4 Å². The van der Waals surface area contributed by atoms with Crippen LogP contribution in [0, 0.1) is 11.3 Å². The molecule has 8 nitrogen and oxygen atoms in total. The fourth-order valence-electron chi connectivity index (χ4n) is 3.68. The van der Waals surface area contributed by atoms with E-state index in [0.717, 1.165) is 11.1 Å². The summed E-state index contributed by atoms with van der Waals surface area (Å²) >= 11 is 0. The molecule has 0 heterocycles. The lowest BCUT2D eigenvalue weighted by Crippen LogP contribution is -2.31. The van der Waals surface area contributed by atoms with Gasteiger partial charge in [0.15, 0.2) is 18.1 Å². The molecule has 0 bridgehead atoms. The number of hydrogen-bond donors (Lipinski definition) is 2. The lowest BCUT2D eigenvalue weighted by molar-refractivity contribution is -0.123. The number of nitriles is 1. The third-order valence-electron chi connectivity index (χ3n) is 5.75. The molecule has 3 aromatic carbocycles. The summed E-state index contributed by atoms with van der Waals surface area (Å²) in [5.74, 6) is 1.05. The second-order valence-electron chi connectivity index (χ2n) is 8.42. The van der Waals surface area contributed by atoms with E-state index in [4.69, 9.17) is 14.2 Å². The molecule has 3 aromatic rings. The van der Waals surface area contributed by atoms with E-state index >= 15 is 0 Å². The Morgan fingerprint density at radius 1 is 0.974 bits per heavy atom. The van der Waals surface area contributed by atoms with Crippen molar-refractivity contribution in [3.8, 4) is 23.3 Å². The van der Waals surface area contributed by atoms with Gasteiger partial charge in [0.1, 0.15) is 17.4 Å². The minimum absolute atomic E-state index is 0.0137. The summed E-state index contributed by atoms with van der Waals surface area (Å²) in [6.45, 7) is 2.14. The molecule has 0 spiro atoms. The van der Waals surface area contributed by atoms with Crippen molar-refractivity contribution in [3.05, 3.63) is 95.1 Å². The Morgan fingerprint density at radius 3 is 2.34 bits per heavy atom. The van der Waals surface area contributed by atoms with Crippen LogP contribution < -0.4 is 24.8 Å². The number of methoxy groups -OCH3 is 2. The Labute approximate surface area is 222 Å². The van der Waals surface area contributed by atoms with Gasteiger partial charge in [0, 0.05) is 6.54 Å². The van der Waals surface area contributed by atoms with Gasteiger partial charge in [0.25, 0.3) is 11.8 Å². The smallest absolute Gasteiger partial charge is 0.261 e. The van der Waals surface area contributed by atoms with Crippen molar-refractivity contribution in [1.82, 2.24) is 10.6 Å². The van der Waals surface area contributed by atoms with E-state index in [1.807, 2.05) is 61.5 Å². The molecule has 0 aliphatic rings. The summed E-state index contributed by atoms with van der Waals surface area (Å²) in [4.78, 5) is 24.7. The summed E-state index contributed by atoms with van der Waals surface area (Å²) in [6.07, 6.45) is 2.07. The van der Waals surface area contributed by atoms with Crippen molar-refractivity contribution in [2.45, 2.75) is 19.4 Å². The minimum atomic E-state index is -0.461. The van der Waals surface area contributed by atoms with E-state index in [2.05, 4.69) is 10.6 Å². The van der Waals surface area contributed by atoms with Gasteiger partial charge < -0.3 is 24.8 Å². The van der Waals surface area contributed by atoms with Gasteiger partial charge in [-0.1, -0.05) is 48.5 Å². The van der Waals surface area contributed by atoms with Gasteiger partial charge in [-0.3, -0.25) is 9.59 Å². The molecule has 0 aliphatic carbocycles. The number of amides is 2. The first-order valence-electron chi connectivity index (χ1n) is 12.1. The summed E-state index contributed by atoms with van der Waals surface area (Å²) in [6, 6.07) is 23.8. The van der Waals surface area contributed by atoms with Crippen LogP contribution in [0.3, 0.4) is 0 Å². The largest absolute Gasteiger partial charge is 0.493 e. The van der Waals surface area contributed by atoms with Crippen LogP contribution in [-0.2, 0) is 16.0 Å². The molecule has 0 aliphatic heterocycles. The van der Waals surface area contributed by atoms with Gasteiger partial charge in [0.05, 0.1) is 20.3 Å². The van der Waals surface area contributed by atoms with Crippen LogP contribution in [-0.4, -0.2) is 39.2 Å². The third-order valence-corrected chi connectivity index (χ3v) is 5.75. The van der Waals surface area contributed by atoms with E-state index in [1.165, 1.54) is 6.08 Å². The highest BCUT2D eigenvalue weighted by molar-refractivity contribution is 6.01. The molecule has 0 saturated carbocycles. The fraction of sp³-hybridized carbons (Fsp3) is 0.233. The second kappa shape index (κ2) is 14.1. The maximum Gasteiger partial charge on any atom is 0.261 e. The van der Waals surface area contributed by atoms with Gasteiger partial charge >= 0.3 is 0 Å². The molecule has 2 amide bonds. The third kappa shape index (κ3) is 8.14. The van der Waals surface area contributed by atoms with Crippen molar-refractivity contribution in [3.63, 3.8) is 0 Å². The van der Waals surface area contributed by atoms with Crippen LogP contribution >= 0.6 is 0 Å². The molecule has 0 aromatic heterocycles. The fourth-order valence-corrected chi connectivity index (χ4v) is 3.68. The SMILES string of the molecule is COc1ccc(CCNC(=O)/C(C#N)=C/c2ccc(OCC(=O)N[C@H](C)c3ccccc3)cc2)cc1OC. The van der Waals surface area contributed by atoms with Crippen LogP contribution in [0.5, 0.6) is 17.2 Å². The number of nitrogens with zero attached hydrogens (tertiary/aromatic N) is 1. The molecule has 38 heavy (non-hydrogen) atoms. The molecule has 1 atom stereocenters. The number of benzene rings is 3. The maximum absolute atomic E-state index is 12.5. The molecular weight excluding hydrogens is 482 g/mol. The van der Waals surface area contributed by atoms with Crippen LogP contribution in [0.1, 0.15) is 29.7 Å². The minimum Gasteiger partial charge on any atom is -0.493 e. The molecular formula is C30H31N3O5. The maximum atomic E-state index is 12.5. The molecule has 0 saturated heterocycles. The van der Waals surface area contributed by atoms with Crippen molar-refractivity contribution in [2.24, 2.45) is 0 Å². The monoisotopic (exact) mass is 513 g/mol. The van der Waals surface area contributed by atoms with Gasteiger partial charge in [-0.15, -0.1) is 0 Å². The van der Waals surface area contributed by atoms with E-state index in [0.29, 0.717) is 35.8 Å². The number of carbonyl (C=O) groups excluding carboxylic acids is 2. The first-order chi connectivity index (χ1) is 18.4. The van der Waals surface area contributed by atoms with Crippen LogP contribution in [0.25, 0.3) is 6.08 Å². The molecule has 8 heteroatoms. The highest BCUT2D eigenvalue weighted by atomic mass is 16.5. The highest BCUT2D eigenvalue weighted by Gasteiger charge is 2.11. The molecule has 0 radical (unpaired) electrons. The predicted octanol–water partition coefficient (Wildman–Crippen LogP) is 4.23. The van der Waals surface area contributed by atoms with Crippen molar-refractivity contribution < 1.29 is 23.8 Å². The normalized spacial score (nSPS) is 11.6. The zero-order valence-electron chi connectivity index (χ0n) is 21.7. The Bertz CT molecular complexity index is 1300. The molecule has 3 rings (SSSR count). The number of nitrogens with one attached hydrogen (secondary N) is 2. The van der Waals surface area contributed by atoms with Crippen molar-refractivity contribution in [2.75, 3.05) is 27.4 Å². The van der Waals surface area contributed by atoms with Crippen LogP contribution in [0.4, 0.5) is 0 Å². The van der Waals surface area contributed by atoms with E-state index in [-0.39, 0.29) is 24.1 Å². The molecule has 196 valence electrons. The zero-order valence-corrected chi connectivity index (χ0v) is 21.7. The molecule has 2 N–H and O–H groups in total. The Balaban J connectivity index is 1.49. The molecule has 0 unspecified atom stereocenters. The number of rotatable bonds is 12. The number of hydrogen-bond acceptors (Lipinski definition) is 6. The average Bonchev–Trinajstić information content (AvgIpc) is 2.95. The topological polar surface area (TPSA) is 110 Å². The summed E-state index contributed by atoms with van der Waals surface area (Å²) in [5, 5.41) is 15.1. The number of ether oxygens (including phenoxy) is 3. The summed E-state index contributed by atoms with van der Waals surface area (Å²) in [7, 11) is 3.14. The Hall–Kier alpha value is -4.77. The Kier molecular flexibility index (Phi) is 10.3. The summed E-state index contributed by atoms with van der Waals surface area (Å²) in [5.41, 5.74) is 2.62. The summed E-state index contributed by atoms with van der Waals surface area (Å²) < 4.78 is 16.1. The van der Waals surface area contributed by atoms with Crippen molar-refractivity contribution in [1.29, 1.82) is 5.26 Å². The lowest BCUT2D eigenvalue weighted by atomic mass is 10.1. The van der Waals surface area contributed by atoms with Gasteiger partial charge in [-0.25, -0.2) is 0 Å². The van der Waals surface area contributed by atoms with Crippen LogP contribution in [0.2, 0.25) is 0 Å². The van der Waals surface area contributed by atoms with Gasteiger partial charge in [0.2, 0.25) is 0 Å². The lowest BCUT2D eigenvalue weighted by Gasteiger charge is -2.14. The second-order valence-corrected chi connectivity index (χ2v) is 8.42. The zero-order chi connectivity index (χ0) is 27.3. The molecule has 0 fully saturated rings. The van der Waals surface area contributed by atoms with E-state index < -0.39 is 5.91 Å². The number of carbonyl (C=O) groups is 2.